The molecule has 0 aliphatic heterocycles. The van der Waals surface area contributed by atoms with Crippen LogP contribution < -0.4 is 10.1 Å². The van der Waals surface area contributed by atoms with Gasteiger partial charge in [-0.3, -0.25) is 9.59 Å². The number of fused-ring (bicyclic) bond motifs is 2. The van der Waals surface area contributed by atoms with Crippen LogP contribution in [-0.2, 0) is 16.0 Å². The van der Waals surface area contributed by atoms with Crippen molar-refractivity contribution in [3.63, 3.8) is 0 Å². The molecular formula is C19H25NO3. The van der Waals surface area contributed by atoms with Crippen molar-refractivity contribution in [3.8, 4) is 5.75 Å². The summed E-state index contributed by atoms with van der Waals surface area (Å²) in [6, 6.07) is 7.92. The molecule has 0 radical (unpaired) electrons. The van der Waals surface area contributed by atoms with Crippen molar-refractivity contribution >= 4 is 11.7 Å². The summed E-state index contributed by atoms with van der Waals surface area (Å²) in [5.41, 5.74) is 1.18. The smallest absolute Gasteiger partial charge is 0.223 e. The number of Topliss-reactive ketones (excluding diaryl/α,β-unsaturated/α-hetero) is 1. The second-order valence-electron chi connectivity index (χ2n) is 6.78. The average Bonchev–Trinajstić information content (AvgIpc) is 2.55. The van der Waals surface area contributed by atoms with Crippen LogP contribution in [0.15, 0.2) is 24.3 Å². The Labute approximate surface area is 137 Å². The maximum Gasteiger partial charge on any atom is 0.223 e. The summed E-state index contributed by atoms with van der Waals surface area (Å²) >= 11 is 0. The molecule has 0 saturated heterocycles. The Hall–Kier alpha value is -1.84. The number of amides is 1. The molecule has 2 aliphatic rings. The Kier molecular flexibility index (Phi) is 4.99. The van der Waals surface area contributed by atoms with Gasteiger partial charge < -0.3 is 10.1 Å². The third-order valence-corrected chi connectivity index (χ3v) is 5.29. The normalized spacial score (nSPS) is 26.7. The lowest BCUT2D eigenvalue weighted by Gasteiger charge is -2.36. The van der Waals surface area contributed by atoms with E-state index in [4.69, 9.17) is 4.74 Å². The summed E-state index contributed by atoms with van der Waals surface area (Å²) in [6.45, 7) is 0.644. The van der Waals surface area contributed by atoms with Crippen LogP contribution >= 0.6 is 0 Å². The van der Waals surface area contributed by atoms with E-state index in [2.05, 4.69) is 5.32 Å². The molecule has 0 spiro atoms. The van der Waals surface area contributed by atoms with Gasteiger partial charge in [0.2, 0.25) is 5.91 Å². The van der Waals surface area contributed by atoms with Crippen LogP contribution in [0.4, 0.5) is 0 Å². The zero-order valence-corrected chi connectivity index (χ0v) is 13.7. The quantitative estimate of drug-likeness (QED) is 0.909. The van der Waals surface area contributed by atoms with Crippen molar-refractivity contribution in [1.29, 1.82) is 0 Å². The molecule has 0 aromatic heterocycles. The lowest BCUT2D eigenvalue weighted by atomic mass is 9.67. The first-order valence-corrected chi connectivity index (χ1v) is 8.61. The number of hydrogen-bond acceptors (Lipinski definition) is 3. The molecule has 2 atom stereocenters. The fraction of sp³-hybridized carbons (Fsp3) is 0.579. The standard InChI is InChI=1S/C19H25NO3/c1-23-17-7-5-13(6-8-17)9-10-20-19(22)16-11-14-3-2-4-15(12-16)18(14)21/h5-8,14-16H,2-4,9-12H2,1H3,(H,20,22). The molecule has 124 valence electrons. The minimum atomic E-state index is 0.0267. The first-order valence-electron chi connectivity index (χ1n) is 8.61. The third-order valence-electron chi connectivity index (χ3n) is 5.29. The maximum absolute atomic E-state index is 12.4. The van der Waals surface area contributed by atoms with Gasteiger partial charge in [0.1, 0.15) is 11.5 Å². The zero-order valence-electron chi connectivity index (χ0n) is 13.7. The van der Waals surface area contributed by atoms with Crippen LogP contribution in [0.2, 0.25) is 0 Å². The van der Waals surface area contributed by atoms with Gasteiger partial charge in [-0.25, -0.2) is 0 Å². The zero-order chi connectivity index (χ0) is 16.2. The van der Waals surface area contributed by atoms with Gasteiger partial charge in [-0.15, -0.1) is 0 Å². The average molecular weight is 315 g/mol. The number of ether oxygens (including phenoxy) is 1. The third kappa shape index (κ3) is 3.74. The Morgan fingerprint density at radius 3 is 2.43 bits per heavy atom. The number of nitrogens with one attached hydrogen (secondary N) is 1. The van der Waals surface area contributed by atoms with Crippen LogP contribution in [0.1, 0.15) is 37.7 Å². The van der Waals surface area contributed by atoms with Crippen LogP contribution in [0.25, 0.3) is 0 Å². The van der Waals surface area contributed by atoms with E-state index in [1.165, 1.54) is 5.56 Å². The largest absolute Gasteiger partial charge is 0.497 e. The van der Waals surface area contributed by atoms with Gasteiger partial charge in [0.15, 0.2) is 0 Å². The number of benzene rings is 1. The predicted octanol–water partition coefficient (Wildman–Crippen LogP) is 2.75. The molecule has 2 saturated carbocycles. The molecule has 2 fully saturated rings. The van der Waals surface area contributed by atoms with E-state index in [-0.39, 0.29) is 23.7 Å². The molecule has 1 N–H and O–H groups in total. The second kappa shape index (κ2) is 7.16. The molecule has 4 heteroatoms. The van der Waals surface area contributed by atoms with Gasteiger partial charge in [0, 0.05) is 24.3 Å². The molecule has 2 unspecified atom stereocenters. The molecule has 0 heterocycles. The van der Waals surface area contributed by atoms with Crippen molar-refractivity contribution in [3.05, 3.63) is 29.8 Å². The van der Waals surface area contributed by atoms with Gasteiger partial charge in [0.25, 0.3) is 0 Å². The molecule has 1 aromatic rings. The van der Waals surface area contributed by atoms with Gasteiger partial charge in [-0.1, -0.05) is 18.6 Å². The highest BCUT2D eigenvalue weighted by Crippen LogP contribution is 2.40. The lowest BCUT2D eigenvalue weighted by Crippen LogP contribution is -2.42. The highest BCUT2D eigenvalue weighted by atomic mass is 16.5. The van der Waals surface area contributed by atoms with Crippen LogP contribution in [0.3, 0.4) is 0 Å². The molecule has 23 heavy (non-hydrogen) atoms. The van der Waals surface area contributed by atoms with E-state index >= 15 is 0 Å². The summed E-state index contributed by atoms with van der Waals surface area (Å²) in [6.07, 6.45) is 5.42. The number of rotatable bonds is 5. The summed E-state index contributed by atoms with van der Waals surface area (Å²) < 4.78 is 5.14. The predicted molar refractivity (Wildman–Crippen MR) is 88.3 cm³/mol. The monoisotopic (exact) mass is 315 g/mol. The van der Waals surface area contributed by atoms with Crippen molar-refractivity contribution in [2.24, 2.45) is 17.8 Å². The van der Waals surface area contributed by atoms with E-state index in [1.54, 1.807) is 7.11 Å². The van der Waals surface area contributed by atoms with E-state index in [9.17, 15) is 9.59 Å². The summed E-state index contributed by atoms with van der Waals surface area (Å²) in [5, 5.41) is 3.05. The maximum atomic E-state index is 12.4. The van der Waals surface area contributed by atoms with Crippen molar-refractivity contribution < 1.29 is 14.3 Å². The molecule has 2 aliphatic carbocycles. The molecule has 1 aromatic carbocycles. The molecule has 1 amide bonds. The Bertz CT molecular complexity index is 550. The van der Waals surface area contributed by atoms with Crippen LogP contribution in [0.5, 0.6) is 5.75 Å². The molecule has 4 nitrogen and oxygen atoms in total. The van der Waals surface area contributed by atoms with Gasteiger partial charge in [0.05, 0.1) is 7.11 Å². The Morgan fingerprint density at radius 1 is 1.17 bits per heavy atom. The van der Waals surface area contributed by atoms with E-state index < -0.39 is 0 Å². The second-order valence-corrected chi connectivity index (χ2v) is 6.78. The fourth-order valence-electron chi connectivity index (χ4n) is 3.96. The first-order chi connectivity index (χ1) is 11.2. The summed E-state index contributed by atoms with van der Waals surface area (Å²) in [4.78, 5) is 24.5. The first kappa shape index (κ1) is 16.0. The Balaban J connectivity index is 1.46. The Morgan fingerprint density at radius 2 is 1.83 bits per heavy atom. The number of methoxy groups -OCH3 is 1. The van der Waals surface area contributed by atoms with E-state index in [0.717, 1.165) is 44.3 Å². The van der Waals surface area contributed by atoms with Crippen LogP contribution in [-0.4, -0.2) is 25.3 Å². The van der Waals surface area contributed by atoms with Gasteiger partial charge >= 0.3 is 0 Å². The van der Waals surface area contributed by atoms with Crippen LogP contribution in [0, 0.1) is 17.8 Å². The fourth-order valence-corrected chi connectivity index (χ4v) is 3.96. The minimum absolute atomic E-state index is 0.0267. The minimum Gasteiger partial charge on any atom is -0.497 e. The summed E-state index contributed by atoms with van der Waals surface area (Å²) in [5.74, 6) is 1.69. The SMILES string of the molecule is COc1ccc(CCNC(=O)C2CC3CCCC(C2)C3=O)cc1. The van der Waals surface area contributed by atoms with Crippen molar-refractivity contribution in [2.75, 3.05) is 13.7 Å². The van der Waals surface area contributed by atoms with E-state index in [0.29, 0.717) is 12.3 Å². The summed E-state index contributed by atoms with van der Waals surface area (Å²) in [7, 11) is 1.65. The van der Waals surface area contributed by atoms with Gasteiger partial charge in [-0.05, 0) is 49.8 Å². The molecule has 2 bridgehead atoms. The van der Waals surface area contributed by atoms with Crippen molar-refractivity contribution in [2.45, 2.75) is 38.5 Å². The number of carbonyl (C=O) groups is 2. The molecule has 3 rings (SSSR count). The van der Waals surface area contributed by atoms with Crippen molar-refractivity contribution in [1.82, 2.24) is 5.32 Å². The topological polar surface area (TPSA) is 55.4 Å². The highest BCUT2D eigenvalue weighted by molar-refractivity contribution is 5.88. The number of carbonyl (C=O) groups excluding carboxylic acids is 2. The number of ketones is 1. The van der Waals surface area contributed by atoms with Gasteiger partial charge in [-0.2, -0.15) is 0 Å². The molecular weight excluding hydrogens is 290 g/mol. The lowest BCUT2D eigenvalue weighted by molar-refractivity contribution is -0.137. The number of hydrogen-bond donors (Lipinski definition) is 1. The van der Waals surface area contributed by atoms with E-state index in [1.807, 2.05) is 24.3 Å². The highest BCUT2D eigenvalue weighted by Gasteiger charge is 2.41.